The van der Waals surface area contributed by atoms with Crippen LogP contribution in [0.25, 0.3) is 0 Å². The lowest BCUT2D eigenvalue weighted by Gasteiger charge is -2.52. The maximum atomic E-state index is 12.8. The highest BCUT2D eigenvalue weighted by molar-refractivity contribution is 5.73. The van der Waals surface area contributed by atoms with Crippen LogP contribution in [-0.4, -0.2) is 262 Å². The Kier molecular flexibility index (Phi) is 16.5. The first-order valence-electron chi connectivity index (χ1n) is 18.5. The number of amides is 1. The highest BCUT2D eigenvalue weighted by atomic mass is 16.8. The zero-order chi connectivity index (χ0) is 42.9. The second-order valence-electron chi connectivity index (χ2n) is 14.7. The molecule has 0 bridgehead atoms. The Morgan fingerprint density at radius 1 is 0.448 bits per heavy atom. The lowest BCUT2D eigenvalue weighted by Crippen LogP contribution is -2.71. The number of aliphatic hydroxyl groups excluding tert-OH is 15. The lowest BCUT2D eigenvalue weighted by molar-refractivity contribution is -0.398. The Bertz CT molecular complexity index is 1300. The number of carbonyl (C=O) groups excluding carboxylic acids is 1. The maximum absolute atomic E-state index is 12.8. The Morgan fingerprint density at radius 3 is 1.45 bits per heavy atom. The molecule has 5 aliphatic heterocycles. The second-order valence-corrected chi connectivity index (χ2v) is 14.7. The Labute approximate surface area is 329 Å². The predicted octanol–water partition coefficient (Wildman–Crippen LogP) is -10.8. The summed E-state index contributed by atoms with van der Waals surface area (Å²) < 4.78 is 51.9. The van der Waals surface area contributed by atoms with Crippen molar-refractivity contribution in [2.45, 2.75) is 167 Å². The van der Waals surface area contributed by atoms with Gasteiger partial charge < -0.3 is 125 Å². The van der Waals surface area contributed by atoms with Gasteiger partial charge in [0, 0.05) is 6.92 Å². The SMILES string of the molecule is CC(=O)N[C@H]1[C@H](O[C@@H]2[C@H](O)[C@@H](O)[C@H](O)O[C@@H]2CO)O[C@H](CO)[C@@H](O[C@@H]2O[C@H](CO)[C@H](O)[C@H](O)[C@H]2O[C@@H]2O[C@@H](CO)[C@@H](O)[C@@H](O)[C@@H]2O)[C@@H]1O[C@@H]1O[C@@H](C)[C@@H](O)[C@@H](O)[C@@H]1O. The molecule has 0 radical (unpaired) electrons. The molecule has 5 heterocycles. The minimum Gasteiger partial charge on any atom is -0.394 e. The molecule has 5 aliphatic rings. The van der Waals surface area contributed by atoms with Gasteiger partial charge in [-0.15, -0.1) is 0 Å². The van der Waals surface area contributed by atoms with Crippen LogP contribution in [0.5, 0.6) is 0 Å². The van der Waals surface area contributed by atoms with E-state index in [1.807, 2.05) is 0 Å². The number of rotatable bonds is 13. The zero-order valence-corrected chi connectivity index (χ0v) is 31.1. The van der Waals surface area contributed by atoms with Crippen LogP contribution >= 0.6 is 0 Å². The van der Waals surface area contributed by atoms with Crippen LogP contribution in [0.15, 0.2) is 0 Å². The number of carbonyl (C=O) groups is 1. The molecule has 25 atom stereocenters. The van der Waals surface area contributed by atoms with Crippen molar-refractivity contribution in [2.24, 2.45) is 0 Å². The van der Waals surface area contributed by atoms with E-state index >= 15 is 0 Å². The van der Waals surface area contributed by atoms with Crippen molar-refractivity contribution >= 4 is 5.91 Å². The van der Waals surface area contributed by atoms with Crippen molar-refractivity contribution < 1.29 is 124 Å². The van der Waals surface area contributed by atoms with Gasteiger partial charge in [-0.1, -0.05) is 0 Å². The van der Waals surface area contributed by atoms with E-state index in [9.17, 15) is 81.4 Å². The Balaban J connectivity index is 1.55. The first kappa shape index (κ1) is 47.6. The van der Waals surface area contributed by atoms with E-state index in [1.54, 1.807) is 0 Å². The fourth-order valence-electron chi connectivity index (χ4n) is 7.35. The smallest absolute Gasteiger partial charge is 0.217 e. The van der Waals surface area contributed by atoms with Gasteiger partial charge in [0.15, 0.2) is 31.5 Å². The van der Waals surface area contributed by atoms with Gasteiger partial charge in [0.25, 0.3) is 0 Å². The van der Waals surface area contributed by atoms with Crippen LogP contribution in [-0.2, 0) is 47.4 Å². The summed E-state index contributed by atoms with van der Waals surface area (Å²) in [5.41, 5.74) is 0. The normalized spacial score (nSPS) is 51.6. The molecule has 5 fully saturated rings. The molecular weight excluding hydrogens is 798 g/mol. The molecule has 0 aromatic heterocycles. The van der Waals surface area contributed by atoms with E-state index in [4.69, 9.17) is 42.6 Å². The molecule has 16 N–H and O–H groups in total. The number of hydrogen-bond acceptors (Lipinski definition) is 25. The minimum absolute atomic E-state index is 0.822. The summed E-state index contributed by atoms with van der Waals surface area (Å²) in [5, 5.41) is 159. The standard InChI is InChI=1S/C32H55NO25/c1-7-14(39)17(42)22(47)30(50-7)57-26-13(33-8(2)38)29(55-24-11(5-36)51-28(49)21(46)20(24)45)54-12(6-37)25(26)56-32-27(19(44)16(41)10(4-35)53-32)58-31-23(48)18(43)15(40)9(3-34)52-31/h7,9-32,34-37,39-49H,3-6H2,1-2H3,(H,33,38)/t7-,9-,10+,11+,12+,13+,14+,15+,16-,17+,18+,19-,20+,21+,22-,23-,24-,25+,26+,27+,28+,29-,30-,31-,32-/m0/s1. The average Bonchev–Trinajstić information content (AvgIpc) is 3.19. The van der Waals surface area contributed by atoms with Gasteiger partial charge >= 0.3 is 0 Å². The highest BCUT2D eigenvalue weighted by Crippen LogP contribution is 2.37. The van der Waals surface area contributed by atoms with Crippen molar-refractivity contribution in [3.05, 3.63) is 0 Å². The van der Waals surface area contributed by atoms with Crippen LogP contribution in [0.4, 0.5) is 0 Å². The molecule has 26 heteroatoms. The van der Waals surface area contributed by atoms with Gasteiger partial charge in [0.05, 0.1) is 32.5 Å². The molecule has 0 aromatic rings. The fourth-order valence-corrected chi connectivity index (χ4v) is 7.35. The Morgan fingerprint density at radius 2 is 0.879 bits per heavy atom. The third-order valence-corrected chi connectivity index (χ3v) is 10.7. The van der Waals surface area contributed by atoms with E-state index in [0.717, 1.165) is 6.92 Å². The molecule has 0 aromatic carbocycles. The van der Waals surface area contributed by atoms with Crippen molar-refractivity contribution in [3.8, 4) is 0 Å². The lowest BCUT2D eigenvalue weighted by atomic mass is 9.93. The fraction of sp³-hybridized carbons (Fsp3) is 0.969. The summed E-state index contributed by atoms with van der Waals surface area (Å²) in [6.07, 6.45) is -44.0. The largest absolute Gasteiger partial charge is 0.394 e. The molecule has 26 nitrogen and oxygen atoms in total. The van der Waals surface area contributed by atoms with Crippen LogP contribution in [0.2, 0.25) is 0 Å². The summed E-state index contributed by atoms with van der Waals surface area (Å²) in [5.74, 6) is -0.822. The molecule has 58 heavy (non-hydrogen) atoms. The summed E-state index contributed by atoms with van der Waals surface area (Å²) >= 11 is 0. The van der Waals surface area contributed by atoms with Crippen molar-refractivity contribution in [2.75, 3.05) is 26.4 Å². The van der Waals surface area contributed by atoms with Crippen LogP contribution in [0, 0.1) is 0 Å². The van der Waals surface area contributed by atoms with E-state index in [2.05, 4.69) is 5.32 Å². The van der Waals surface area contributed by atoms with Gasteiger partial charge in [-0.3, -0.25) is 4.79 Å². The summed E-state index contributed by atoms with van der Waals surface area (Å²) in [4.78, 5) is 12.8. The third-order valence-electron chi connectivity index (χ3n) is 10.7. The summed E-state index contributed by atoms with van der Waals surface area (Å²) in [6, 6.07) is -1.71. The molecular formula is C32H55NO25. The molecule has 5 rings (SSSR count). The van der Waals surface area contributed by atoms with Crippen molar-refractivity contribution in [1.29, 1.82) is 0 Å². The number of hydrogen-bond donors (Lipinski definition) is 16. The first-order chi connectivity index (χ1) is 27.4. The van der Waals surface area contributed by atoms with Gasteiger partial charge in [0.1, 0.15) is 116 Å². The molecule has 338 valence electrons. The third kappa shape index (κ3) is 9.75. The minimum atomic E-state index is -2.08. The van der Waals surface area contributed by atoms with Crippen molar-refractivity contribution in [1.82, 2.24) is 5.32 Å². The van der Waals surface area contributed by atoms with Crippen LogP contribution in [0.3, 0.4) is 0 Å². The molecule has 0 unspecified atom stereocenters. The van der Waals surface area contributed by atoms with Gasteiger partial charge in [0.2, 0.25) is 5.91 Å². The first-order valence-corrected chi connectivity index (χ1v) is 18.5. The van der Waals surface area contributed by atoms with Gasteiger partial charge in [-0.2, -0.15) is 0 Å². The van der Waals surface area contributed by atoms with E-state index in [1.165, 1.54) is 6.92 Å². The van der Waals surface area contributed by atoms with Crippen LogP contribution < -0.4 is 5.32 Å². The van der Waals surface area contributed by atoms with Crippen LogP contribution in [0.1, 0.15) is 13.8 Å². The van der Waals surface area contributed by atoms with Gasteiger partial charge in [-0.25, -0.2) is 0 Å². The van der Waals surface area contributed by atoms with E-state index in [0.29, 0.717) is 0 Å². The molecule has 0 saturated carbocycles. The molecule has 0 spiro atoms. The summed E-state index contributed by atoms with van der Waals surface area (Å²) in [6.45, 7) is -1.40. The average molecular weight is 854 g/mol. The van der Waals surface area contributed by atoms with Gasteiger partial charge in [-0.05, 0) is 6.92 Å². The zero-order valence-electron chi connectivity index (χ0n) is 31.1. The predicted molar refractivity (Wildman–Crippen MR) is 177 cm³/mol. The van der Waals surface area contributed by atoms with Crippen molar-refractivity contribution in [3.63, 3.8) is 0 Å². The number of ether oxygens (including phenoxy) is 9. The van der Waals surface area contributed by atoms with E-state index in [-0.39, 0.29) is 0 Å². The highest BCUT2D eigenvalue weighted by Gasteiger charge is 2.58. The maximum Gasteiger partial charge on any atom is 0.217 e. The Hall–Kier alpha value is -1.49. The quantitative estimate of drug-likeness (QED) is 0.0818. The molecule has 5 saturated heterocycles. The summed E-state index contributed by atoms with van der Waals surface area (Å²) in [7, 11) is 0. The number of aliphatic hydroxyl groups is 15. The van der Waals surface area contributed by atoms with E-state index < -0.39 is 186 Å². The second kappa shape index (κ2) is 20.1. The molecule has 0 aliphatic carbocycles. The topological polar surface area (TPSA) is 416 Å². The number of nitrogens with one attached hydrogen (secondary N) is 1. The molecule has 1 amide bonds. The monoisotopic (exact) mass is 853 g/mol.